The summed E-state index contributed by atoms with van der Waals surface area (Å²) in [4.78, 5) is 20.9. The summed E-state index contributed by atoms with van der Waals surface area (Å²) in [6.07, 6.45) is 5.30. The number of ether oxygens (including phenoxy) is 1. The molecule has 0 bridgehead atoms. The van der Waals surface area contributed by atoms with Crippen molar-refractivity contribution in [1.82, 2.24) is 9.88 Å². The van der Waals surface area contributed by atoms with Gasteiger partial charge in [0.25, 0.3) is 5.56 Å². The Morgan fingerprint density at radius 1 is 1.00 bits per heavy atom. The van der Waals surface area contributed by atoms with Crippen LogP contribution in [0.15, 0.2) is 23.0 Å². The van der Waals surface area contributed by atoms with Crippen molar-refractivity contribution in [2.75, 3.05) is 51.3 Å². The lowest BCUT2D eigenvalue weighted by atomic mass is 9.88. The van der Waals surface area contributed by atoms with Gasteiger partial charge in [0, 0.05) is 63.1 Å². The molecule has 0 atom stereocenters. The van der Waals surface area contributed by atoms with E-state index in [2.05, 4.69) is 33.0 Å². The number of aromatic amines is 1. The van der Waals surface area contributed by atoms with Crippen LogP contribution in [0.4, 0.5) is 5.69 Å². The molecule has 0 radical (unpaired) electrons. The SMILES string of the molecule is COCCN1CCN(c2cccc3c2Cc2c-3[nH]c(=O)c3c2CCCC3)CC1. The molecular formula is C23H29N3O2. The smallest absolute Gasteiger partial charge is 0.251 e. The van der Waals surface area contributed by atoms with Gasteiger partial charge in [0.1, 0.15) is 0 Å². The average molecular weight is 380 g/mol. The number of rotatable bonds is 4. The molecule has 0 amide bonds. The summed E-state index contributed by atoms with van der Waals surface area (Å²) in [5.41, 5.74) is 8.99. The van der Waals surface area contributed by atoms with Crippen LogP contribution in [0.25, 0.3) is 11.3 Å². The second-order valence-electron chi connectivity index (χ2n) is 8.27. The van der Waals surface area contributed by atoms with Crippen molar-refractivity contribution in [3.63, 3.8) is 0 Å². The van der Waals surface area contributed by atoms with E-state index in [-0.39, 0.29) is 5.56 Å². The van der Waals surface area contributed by atoms with Crippen LogP contribution in [-0.4, -0.2) is 56.3 Å². The van der Waals surface area contributed by atoms with E-state index in [1.165, 1.54) is 34.4 Å². The first-order chi connectivity index (χ1) is 13.8. The van der Waals surface area contributed by atoms with Crippen LogP contribution in [0.2, 0.25) is 0 Å². The van der Waals surface area contributed by atoms with E-state index in [0.29, 0.717) is 0 Å². The molecule has 5 heteroatoms. The Bertz CT molecular complexity index is 942. The molecule has 5 nitrogen and oxygen atoms in total. The van der Waals surface area contributed by atoms with Gasteiger partial charge in [0.2, 0.25) is 0 Å². The number of H-pyrrole nitrogens is 1. The Kier molecular flexibility index (Phi) is 4.73. The largest absolute Gasteiger partial charge is 0.383 e. The normalized spacial score (nSPS) is 18.7. The summed E-state index contributed by atoms with van der Waals surface area (Å²) >= 11 is 0. The number of benzene rings is 1. The topological polar surface area (TPSA) is 48.6 Å². The molecule has 0 spiro atoms. The van der Waals surface area contributed by atoms with E-state index in [1.54, 1.807) is 7.11 Å². The first kappa shape index (κ1) is 18.0. The average Bonchev–Trinajstić information content (AvgIpc) is 3.12. The van der Waals surface area contributed by atoms with Crippen molar-refractivity contribution in [2.24, 2.45) is 0 Å². The molecule has 2 aromatic rings. The number of fused-ring (bicyclic) bond motifs is 5. The van der Waals surface area contributed by atoms with Crippen molar-refractivity contribution >= 4 is 5.69 Å². The van der Waals surface area contributed by atoms with Crippen LogP contribution in [-0.2, 0) is 24.0 Å². The van der Waals surface area contributed by atoms with E-state index >= 15 is 0 Å². The van der Waals surface area contributed by atoms with E-state index in [0.717, 1.165) is 76.3 Å². The molecule has 1 saturated heterocycles. The lowest BCUT2D eigenvalue weighted by Crippen LogP contribution is -2.47. The third-order valence-corrected chi connectivity index (χ3v) is 6.75. The number of piperazine rings is 1. The fourth-order valence-corrected chi connectivity index (χ4v) is 5.23. The number of hydrogen-bond donors (Lipinski definition) is 1. The molecule has 148 valence electrons. The van der Waals surface area contributed by atoms with Crippen LogP contribution >= 0.6 is 0 Å². The zero-order valence-electron chi connectivity index (χ0n) is 16.7. The fourth-order valence-electron chi connectivity index (χ4n) is 5.23. The molecule has 3 aliphatic rings. The minimum absolute atomic E-state index is 0.137. The Morgan fingerprint density at radius 2 is 1.79 bits per heavy atom. The number of aromatic nitrogens is 1. The van der Waals surface area contributed by atoms with Gasteiger partial charge in [-0.3, -0.25) is 9.69 Å². The molecule has 2 aliphatic carbocycles. The first-order valence-corrected chi connectivity index (χ1v) is 10.6. The van der Waals surface area contributed by atoms with Crippen LogP contribution in [0.5, 0.6) is 0 Å². The molecule has 1 aliphatic heterocycles. The van der Waals surface area contributed by atoms with Gasteiger partial charge in [-0.2, -0.15) is 0 Å². The van der Waals surface area contributed by atoms with Gasteiger partial charge >= 0.3 is 0 Å². The Balaban J connectivity index is 1.45. The molecule has 1 fully saturated rings. The third-order valence-electron chi connectivity index (χ3n) is 6.75. The maximum atomic E-state index is 12.7. The molecular weight excluding hydrogens is 350 g/mol. The highest BCUT2D eigenvalue weighted by atomic mass is 16.5. The Hall–Kier alpha value is -2.11. The summed E-state index contributed by atoms with van der Waals surface area (Å²) in [7, 11) is 1.77. The standard InChI is InChI=1S/C23H29N3O2/c1-28-14-13-25-9-11-26(12-10-25)21-8-4-7-17-19(21)15-20-16-5-2-3-6-18(16)23(27)24-22(17)20/h4,7-8H,2-3,5-6,9-15H2,1H3,(H,24,27). The second-order valence-corrected chi connectivity index (χ2v) is 8.27. The van der Waals surface area contributed by atoms with Gasteiger partial charge < -0.3 is 14.6 Å². The summed E-state index contributed by atoms with van der Waals surface area (Å²) < 4.78 is 5.22. The minimum Gasteiger partial charge on any atom is -0.383 e. The monoisotopic (exact) mass is 379 g/mol. The van der Waals surface area contributed by atoms with Gasteiger partial charge in [-0.1, -0.05) is 12.1 Å². The second kappa shape index (κ2) is 7.37. The van der Waals surface area contributed by atoms with Gasteiger partial charge in [0.15, 0.2) is 0 Å². The molecule has 1 N–H and O–H groups in total. The highest BCUT2D eigenvalue weighted by Crippen LogP contribution is 2.42. The predicted molar refractivity (Wildman–Crippen MR) is 112 cm³/mol. The number of methoxy groups -OCH3 is 1. The van der Waals surface area contributed by atoms with Crippen molar-refractivity contribution in [3.05, 3.63) is 50.8 Å². The first-order valence-electron chi connectivity index (χ1n) is 10.6. The fraction of sp³-hybridized carbons (Fsp3) is 0.522. The minimum atomic E-state index is 0.137. The maximum Gasteiger partial charge on any atom is 0.251 e. The predicted octanol–water partition coefficient (Wildman–Crippen LogP) is 2.59. The molecule has 1 aromatic heterocycles. The van der Waals surface area contributed by atoms with Gasteiger partial charge in [-0.25, -0.2) is 0 Å². The van der Waals surface area contributed by atoms with E-state index in [9.17, 15) is 4.79 Å². The lowest BCUT2D eigenvalue weighted by molar-refractivity contribution is 0.144. The maximum absolute atomic E-state index is 12.7. The molecule has 28 heavy (non-hydrogen) atoms. The number of anilines is 1. The van der Waals surface area contributed by atoms with Crippen LogP contribution in [0.1, 0.15) is 35.1 Å². The quantitative estimate of drug-likeness (QED) is 0.757. The highest BCUT2D eigenvalue weighted by molar-refractivity contribution is 5.81. The number of hydrogen-bond acceptors (Lipinski definition) is 4. The molecule has 2 heterocycles. The molecule has 0 saturated carbocycles. The third kappa shape index (κ3) is 2.97. The zero-order valence-corrected chi connectivity index (χ0v) is 16.7. The number of nitrogens with zero attached hydrogens (tertiary/aromatic N) is 2. The van der Waals surface area contributed by atoms with Crippen LogP contribution in [0, 0.1) is 0 Å². The van der Waals surface area contributed by atoms with Crippen molar-refractivity contribution in [1.29, 1.82) is 0 Å². The molecule has 0 unspecified atom stereocenters. The Morgan fingerprint density at radius 3 is 2.57 bits per heavy atom. The highest BCUT2D eigenvalue weighted by Gasteiger charge is 2.30. The molecule has 5 rings (SSSR count). The van der Waals surface area contributed by atoms with Crippen molar-refractivity contribution < 1.29 is 4.74 Å². The molecule has 1 aromatic carbocycles. The van der Waals surface area contributed by atoms with E-state index < -0.39 is 0 Å². The zero-order chi connectivity index (χ0) is 19.1. The Labute approximate surface area is 166 Å². The van der Waals surface area contributed by atoms with Crippen LogP contribution in [0.3, 0.4) is 0 Å². The van der Waals surface area contributed by atoms with Gasteiger partial charge in [-0.15, -0.1) is 0 Å². The van der Waals surface area contributed by atoms with Gasteiger partial charge in [0.05, 0.1) is 12.3 Å². The lowest BCUT2D eigenvalue weighted by Gasteiger charge is -2.37. The van der Waals surface area contributed by atoms with Gasteiger partial charge in [-0.05, 0) is 48.4 Å². The summed E-state index contributed by atoms with van der Waals surface area (Å²) in [6, 6.07) is 6.60. The van der Waals surface area contributed by atoms with Crippen molar-refractivity contribution in [2.45, 2.75) is 32.1 Å². The van der Waals surface area contributed by atoms with E-state index in [4.69, 9.17) is 4.74 Å². The number of pyridine rings is 1. The summed E-state index contributed by atoms with van der Waals surface area (Å²) in [5.74, 6) is 0. The van der Waals surface area contributed by atoms with Crippen LogP contribution < -0.4 is 10.5 Å². The summed E-state index contributed by atoms with van der Waals surface area (Å²) in [6.45, 7) is 6.05. The summed E-state index contributed by atoms with van der Waals surface area (Å²) in [5, 5.41) is 0. The van der Waals surface area contributed by atoms with Crippen molar-refractivity contribution in [3.8, 4) is 11.3 Å². The number of nitrogens with one attached hydrogen (secondary N) is 1. The van der Waals surface area contributed by atoms with E-state index in [1.807, 2.05) is 0 Å².